The quantitative estimate of drug-likeness (QED) is 0.255. The molecule has 0 saturated heterocycles. The SMILES string of the molecule is CC(=COc1ccc(C)cc1)/C(=N\c1ccccc1)Oc1cccc(C(F)(F)F)c1. The highest BCUT2D eigenvalue weighted by Crippen LogP contribution is 2.31. The molecule has 0 amide bonds. The van der Waals surface area contributed by atoms with Crippen molar-refractivity contribution in [1.29, 1.82) is 0 Å². The molecule has 0 spiro atoms. The summed E-state index contributed by atoms with van der Waals surface area (Å²) in [7, 11) is 0. The van der Waals surface area contributed by atoms with Gasteiger partial charge < -0.3 is 9.47 Å². The molecule has 3 nitrogen and oxygen atoms in total. The first-order valence-electron chi connectivity index (χ1n) is 9.20. The summed E-state index contributed by atoms with van der Waals surface area (Å²) in [6.45, 7) is 3.68. The maximum atomic E-state index is 13.0. The zero-order valence-corrected chi connectivity index (χ0v) is 16.5. The summed E-state index contributed by atoms with van der Waals surface area (Å²) in [6, 6.07) is 21.1. The van der Waals surface area contributed by atoms with E-state index in [2.05, 4.69) is 4.99 Å². The van der Waals surface area contributed by atoms with Gasteiger partial charge in [-0.2, -0.15) is 13.2 Å². The number of rotatable bonds is 5. The number of ether oxygens (including phenoxy) is 2. The van der Waals surface area contributed by atoms with E-state index in [9.17, 15) is 13.2 Å². The third-order valence-electron chi connectivity index (χ3n) is 4.09. The van der Waals surface area contributed by atoms with E-state index in [-0.39, 0.29) is 11.6 Å². The van der Waals surface area contributed by atoms with Crippen molar-refractivity contribution in [2.45, 2.75) is 20.0 Å². The van der Waals surface area contributed by atoms with Crippen LogP contribution in [0.1, 0.15) is 18.1 Å². The van der Waals surface area contributed by atoms with Crippen molar-refractivity contribution >= 4 is 11.6 Å². The summed E-state index contributed by atoms with van der Waals surface area (Å²) < 4.78 is 50.5. The average Bonchev–Trinajstić information content (AvgIpc) is 2.73. The van der Waals surface area contributed by atoms with E-state index in [4.69, 9.17) is 9.47 Å². The molecule has 0 fully saturated rings. The minimum absolute atomic E-state index is 0.0302. The number of halogens is 3. The summed E-state index contributed by atoms with van der Waals surface area (Å²) >= 11 is 0. The Morgan fingerprint density at radius 2 is 1.57 bits per heavy atom. The Bertz CT molecular complexity index is 1040. The molecule has 0 aliphatic carbocycles. The molecule has 0 aliphatic heterocycles. The van der Waals surface area contributed by atoms with Crippen LogP contribution in [0.25, 0.3) is 0 Å². The number of nitrogens with zero attached hydrogens (tertiary/aromatic N) is 1. The van der Waals surface area contributed by atoms with Gasteiger partial charge in [-0.3, -0.25) is 0 Å². The van der Waals surface area contributed by atoms with Gasteiger partial charge in [-0.25, -0.2) is 4.99 Å². The van der Waals surface area contributed by atoms with Crippen LogP contribution in [-0.2, 0) is 6.18 Å². The summed E-state index contributed by atoms with van der Waals surface area (Å²) in [6.07, 6.45) is -3.00. The molecule has 0 bridgehead atoms. The van der Waals surface area contributed by atoms with E-state index in [1.165, 1.54) is 18.4 Å². The topological polar surface area (TPSA) is 30.8 Å². The van der Waals surface area contributed by atoms with Crippen molar-refractivity contribution in [1.82, 2.24) is 0 Å². The Kier molecular flexibility index (Phi) is 6.57. The maximum Gasteiger partial charge on any atom is 0.416 e. The number of aliphatic imine (C=N–C) groups is 1. The van der Waals surface area contributed by atoms with Crippen molar-refractivity contribution in [2.24, 2.45) is 4.99 Å². The van der Waals surface area contributed by atoms with Crippen LogP contribution < -0.4 is 9.47 Å². The standard InChI is InChI=1S/C24H20F3NO2/c1-17-11-13-21(14-12-17)29-16-18(2)23(28-20-8-4-3-5-9-20)30-22-10-6-7-19(15-22)24(25,26)27/h3-16H,1-2H3/b18-16?,28-23+. The fraction of sp³-hybridized carbons (Fsp3) is 0.125. The fourth-order valence-corrected chi connectivity index (χ4v) is 2.48. The van der Waals surface area contributed by atoms with Gasteiger partial charge in [-0.15, -0.1) is 0 Å². The highest BCUT2D eigenvalue weighted by atomic mass is 19.4. The Hall–Kier alpha value is -3.54. The zero-order valence-electron chi connectivity index (χ0n) is 16.5. The minimum atomic E-state index is -4.46. The second kappa shape index (κ2) is 9.31. The highest BCUT2D eigenvalue weighted by molar-refractivity contribution is 5.96. The normalized spacial score (nSPS) is 12.6. The molecule has 3 aromatic carbocycles. The Labute approximate surface area is 173 Å². The van der Waals surface area contributed by atoms with Crippen LogP contribution >= 0.6 is 0 Å². The van der Waals surface area contributed by atoms with Gasteiger partial charge in [0, 0.05) is 5.57 Å². The predicted octanol–water partition coefficient (Wildman–Crippen LogP) is 7.11. The minimum Gasteiger partial charge on any atom is -0.465 e. The number of alkyl halides is 3. The molecule has 0 atom stereocenters. The first kappa shape index (κ1) is 21.2. The van der Waals surface area contributed by atoms with Gasteiger partial charge in [0.1, 0.15) is 11.5 Å². The number of hydrogen-bond donors (Lipinski definition) is 0. The monoisotopic (exact) mass is 411 g/mol. The molecule has 0 saturated carbocycles. The molecule has 0 radical (unpaired) electrons. The van der Waals surface area contributed by atoms with E-state index in [1.807, 2.05) is 49.4 Å². The lowest BCUT2D eigenvalue weighted by molar-refractivity contribution is -0.137. The molecule has 0 heterocycles. The highest BCUT2D eigenvalue weighted by Gasteiger charge is 2.30. The van der Waals surface area contributed by atoms with Crippen molar-refractivity contribution in [2.75, 3.05) is 0 Å². The molecule has 0 aliphatic rings. The first-order chi connectivity index (χ1) is 14.3. The van der Waals surface area contributed by atoms with Crippen LogP contribution in [0.3, 0.4) is 0 Å². The van der Waals surface area contributed by atoms with Crippen molar-refractivity contribution in [3.8, 4) is 11.5 Å². The molecule has 30 heavy (non-hydrogen) atoms. The lowest BCUT2D eigenvalue weighted by Crippen LogP contribution is -2.12. The summed E-state index contributed by atoms with van der Waals surface area (Å²) in [4.78, 5) is 4.44. The molecule has 3 rings (SSSR count). The van der Waals surface area contributed by atoms with Crippen LogP contribution in [0.15, 0.2) is 95.7 Å². The van der Waals surface area contributed by atoms with Crippen molar-refractivity contribution < 1.29 is 22.6 Å². The smallest absolute Gasteiger partial charge is 0.416 e. The van der Waals surface area contributed by atoms with Gasteiger partial charge in [-0.05, 0) is 56.3 Å². The van der Waals surface area contributed by atoms with Crippen LogP contribution in [-0.4, -0.2) is 5.90 Å². The Balaban J connectivity index is 1.90. The molecule has 0 unspecified atom stereocenters. The molecule has 154 valence electrons. The lowest BCUT2D eigenvalue weighted by atomic mass is 10.2. The van der Waals surface area contributed by atoms with E-state index in [0.29, 0.717) is 17.0 Å². The van der Waals surface area contributed by atoms with Crippen LogP contribution in [0.4, 0.5) is 18.9 Å². The molecule has 3 aromatic rings. The first-order valence-corrected chi connectivity index (χ1v) is 9.20. The van der Waals surface area contributed by atoms with E-state index in [1.54, 1.807) is 19.1 Å². The van der Waals surface area contributed by atoms with Crippen LogP contribution in [0.2, 0.25) is 0 Å². The van der Waals surface area contributed by atoms with Gasteiger partial charge in [-0.1, -0.05) is 42.0 Å². The Morgan fingerprint density at radius 1 is 0.867 bits per heavy atom. The zero-order chi connectivity index (χ0) is 21.6. The fourth-order valence-electron chi connectivity index (χ4n) is 2.48. The van der Waals surface area contributed by atoms with Gasteiger partial charge >= 0.3 is 6.18 Å². The lowest BCUT2D eigenvalue weighted by Gasteiger charge is -2.12. The molecular weight excluding hydrogens is 391 g/mol. The van der Waals surface area contributed by atoms with Crippen LogP contribution in [0.5, 0.6) is 11.5 Å². The Morgan fingerprint density at radius 3 is 2.23 bits per heavy atom. The average molecular weight is 411 g/mol. The molecule has 6 heteroatoms. The van der Waals surface area contributed by atoms with Crippen molar-refractivity contribution in [3.63, 3.8) is 0 Å². The second-order valence-electron chi connectivity index (χ2n) is 6.61. The maximum absolute atomic E-state index is 13.0. The number of para-hydroxylation sites is 1. The summed E-state index contributed by atoms with van der Waals surface area (Å²) in [5.74, 6) is 0.785. The van der Waals surface area contributed by atoms with Crippen molar-refractivity contribution in [3.05, 3.63) is 102 Å². The van der Waals surface area contributed by atoms with E-state index >= 15 is 0 Å². The largest absolute Gasteiger partial charge is 0.465 e. The van der Waals surface area contributed by atoms with Crippen LogP contribution in [0, 0.1) is 6.92 Å². The third-order valence-corrected chi connectivity index (χ3v) is 4.09. The van der Waals surface area contributed by atoms with Gasteiger partial charge in [0.2, 0.25) is 5.90 Å². The number of hydrogen-bond acceptors (Lipinski definition) is 3. The van der Waals surface area contributed by atoms with E-state index < -0.39 is 11.7 Å². The predicted molar refractivity (Wildman–Crippen MR) is 111 cm³/mol. The number of aryl methyl sites for hydroxylation is 1. The second-order valence-corrected chi connectivity index (χ2v) is 6.61. The third kappa shape index (κ3) is 5.98. The van der Waals surface area contributed by atoms with Gasteiger partial charge in [0.15, 0.2) is 0 Å². The summed E-state index contributed by atoms with van der Waals surface area (Å²) in [5.41, 5.74) is 1.42. The molecule has 0 N–H and O–H groups in total. The van der Waals surface area contributed by atoms with E-state index in [0.717, 1.165) is 17.7 Å². The van der Waals surface area contributed by atoms with Gasteiger partial charge in [0.25, 0.3) is 0 Å². The summed E-state index contributed by atoms with van der Waals surface area (Å²) in [5, 5.41) is 0. The number of benzene rings is 3. The molecular formula is C24H20F3NO2. The molecule has 0 aromatic heterocycles. The van der Waals surface area contributed by atoms with Gasteiger partial charge in [0.05, 0.1) is 17.5 Å².